The summed E-state index contributed by atoms with van der Waals surface area (Å²) in [5, 5.41) is 8.07. The number of hydrogen-bond donors (Lipinski definition) is 1. The third-order valence-corrected chi connectivity index (χ3v) is 5.00. The number of methoxy groups -OCH3 is 2. The smallest absolute Gasteiger partial charge is 0.225 e. The van der Waals surface area contributed by atoms with Gasteiger partial charge in [-0.25, -0.2) is 0 Å². The van der Waals surface area contributed by atoms with E-state index in [1.807, 2.05) is 45.9 Å². The van der Waals surface area contributed by atoms with Gasteiger partial charge in [-0.15, -0.1) is 0 Å². The first kappa shape index (κ1) is 20.1. The van der Waals surface area contributed by atoms with E-state index in [2.05, 4.69) is 10.4 Å². The van der Waals surface area contributed by atoms with Crippen LogP contribution < -0.4 is 14.8 Å². The second-order valence-corrected chi connectivity index (χ2v) is 6.78. The summed E-state index contributed by atoms with van der Waals surface area (Å²) >= 11 is 6.18. The van der Waals surface area contributed by atoms with Crippen molar-refractivity contribution < 1.29 is 14.3 Å². The van der Waals surface area contributed by atoms with Crippen molar-refractivity contribution in [2.75, 3.05) is 14.2 Å². The van der Waals surface area contributed by atoms with Gasteiger partial charge < -0.3 is 14.8 Å². The summed E-state index contributed by atoms with van der Waals surface area (Å²) < 4.78 is 12.4. The number of aryl methyl sites for hydroxylation is 1. The molecule has 1 amide bonds. The molecule has 2 aromatic rings. The number of carbonyl (C=O) groups is 1. The molecule has 0 saturated carbocycles. The summed E-state index contributed by atoms with van der Waals surface area (Å²) in [5.74, 6) is 1.10. The summed E-state index contributed by atoms with van der Waals surface area (Å²) in [5.41, 5.74) is 2.50. The molecule has 0 fully saturated rings. The molecule has 2 atom stereocenters. The summed E-state index contributed by atoms with van der Waals surface area (Å²) in [7, 11) is 3.21. The van der Waals surface area contributed by atoms with Crippen LogP contribution >= 0.6 is 11.6 Å². The van der Waals surface area contributed by atoms with Crippen molar-refractivity contribution in [3.63, 3.8) is 0 Å². The number of nitrogens with zero attached hydrogens (tertiary/aromatic N) is 2. The first-order valence-electron chi connectivity index (χ1n) is 8.50. The average Bonchev–Trinajstić information content (AvgIpc) is 2.87. The summed E-state index contributed by atoms with van der Waals surface area (Å²) in [6, 6.07) is 5.30. The van der Waals surface area contributed by atoms with E-state index in [-0.39, 0.29) is 17.9 Å². The van der Waals surface area contributed by atoms with Crippen LogP contribution in [-0.2, 0) is 11.3 Å². The maximum Gasteiger partial charge on any atom is 0.225 e. The van der Waals surface area contributed by atoms with Gasteiger partial charge in [0.1, 0.15) is 11.5 Å². The molecule has 1 aromatic heterocycles. The molecule has 0 spiro atoms. The molecule has 0 aliphatic rings. The Labute approximate surface area is 159 Å². The Bertz CT molecular complexity index is 789. The van der Waals surface area contributed by atoms with E-state index in [9.17, 15) is 4.79 Å². The van der Waals surface area contributed by atoms with Gasteiger partial charge in [0, 0.05) is 5.56 Å². The third kappa shape index (κ3) is 4.30. The molecule has 2 rings (SSSR count). The van der Waals surface area contributed by atoms with E-state index >= 15 is 0 Å². The third-order valence-electron chi connectivity index (χ3n) is 4.45. The predicted molar refractivity (Wildman–Crippen MR) is 102 cm³/mol. The molecule has 2 unspecified atom stereocenters. The molecule has 0 aliphatic carbocycles. The molecule has 26 heavy (non-hydrogen) atoms. The van der Waals surface area contributed by atoms with Crippen molar-refractivity contribution in [2.24, 2.45) is 5.92 Å². The van der Waals surface area contributed by atoms with Crippen LogP contribution in [0.4, 0.5) is 0 Å². The highest BCUT2D eigenvalue weighted by atomic mass is 35.5. The maximum atomic E-state index is 12.6. The van der Waals surface area contributed by atoms with Crippen LogP contribution in [0.2, 0.25) is 5.02 Å². The molecular formula is C19H26ClN3O3. The van der Waals surface area contributed by atoms with Crippen molar-refractivity contribution in [3.05, 3.63) is 40.2 Å². The van der Waals surface area contributed by atoms with Crippen LogP contribution in [0, 0.1) is 19.8 Å². The number of amides is 1. The van der Waals surface area contributed by atoms with Gasteiger partial charge in [-0.05, 0) is 39.0 Å². The second kappa shape index (κ2) is 8.45. The Kier molecular flexibility index (Phi) is 6.53. The normalized spacial score (nSPS) is 13.2. The van der Waals surface area contributed by atoms with Crippen LogP contribution in [0.1, 0.15) is 36.8 Å². The fraction of sp³-hybridized carbons (Fsp3) is 0.474. The average molecular weight is 380 g/mol. The Morgan fingerprint density at radius 2 is 1.96 bits per heavy atom. The first-order chi connectivity index (χ1) is 12.3. The largest absolute Gasteiger partial charge is 0.497 e. The van der Waals surface area contributed by atoms with Crippen molar-refractivity contribution in [2.45, 2.75) is 40.3 Å². The zero-order chi connectivity index (χ0) is 19.4. The highest BCUT2D eigenvalue weighted by molar-refractivity contribution is 6.31. The lowest BCUT2D eigenvalue weighted by Crippen LogP contribution is -2.34. The fourth-order valence-electron chi connectivity index (χ4n) is 2.81. The highest BCUT2D eigenvalue weighted by Crippen LogP contribution is 2.29. The van der Waals surface area contributed by atoms with Gasteiger partial charge in [0.05, 0.1) is 49.1 Å². The summed E-state index contributed by atoms with van der Waals surface area (Å²) in [6.45, 7) is 8.01. The molecule has 1 N–H and O–H groups in total. The Balaban J connectivity index is 2.09. The lowest BCUT2D eigenvalue weighted by atomic mass is 10.0. The van der Waals surface area contributed by atoms with Gasteiger partial charge in [-0.2, -0.15) is 5.10 Å². The Morgan fingerprint density at radius 1 is 1.27 bits per heavy atom. The standard InChI is InChI=1S/C19H26ClN3O3/c1-11(10-23-14(4)18(20)13(3)22-23)19(24)21-12(2)16-9-15(25-5)7-8-17(16)26-6/h7-9,11-12H,10H2,1-6H3,(H,21,24). The molecule has 0 bridgehead atoms. The molecule has 0 aliphatic heterocycles. The van der Waals surface area contributed by atoms with E-state index in [0.29, 0.717) is 23.1 Å². The molecule has 6 nitrogen and oxygen atoms in total. The summed E-state index contributed by atoms with van der Waals surface area (Å²) in [6.07, 6.45) is 0. The van der Waals surface area contributed by atoms with E-state index in [1.54, 1.807) is 18.9 Å². The van der Waals surface area contributed by atoms with Gasteiger partial charge in [-0.3, -0.25) is 9.48 Å². The molecule has 1 heterocycles. The van der Waals surface area contributed by atoms with Gasteiger partial charge in [0.15, 0.2) is 0 Å². The lowest BCUT2D eigenvalue weighted by Gasteiger charge is -2.20. The fourth-order valence-corrected chi connectivity index (χ4v) is 2.94. The summed E-state index contributed by atoms with van der Waals surface area (Å²) in [4.78, 5) is 12.6. The zero-order valence-electron chi connectivity index (χ0n) is 16.1. The van der Waals surface area contributed by atoms with Gasteiger partial charge in [-0.1, -0.05) is 18.5 Å². The number of rotatable bonds is 7. The number of aromatic nitrogens is 2. The topological polar surface area (TPSA) is 65.4 Å². The monoisotopic (exact) mass is 379 g/mol. The molecule has 1 aromatic carbocycles. The van der Waals surface area contributed by atoms with Gasteiger partial charge in [0.25, 0.3) is 0 Å². The predicted octanol–water partition coefficient (Wildman–Crippen LogP) is 3.68. The molecule has 0 saturated heterocycles. The van der Waals surface area contributed by atoms with Crippen LogP contribution in [0.15, 0.2) is 18.2 Å². The Hall–Kier alpha value is -2.21. The van der Waals surface area contributed by atoms with Gasteiger partial charge in [0.2, 0.25) is 5.91 Å². The number of carbonyl (C=O) groups excluding carboxylic acids is 1. The Morgan fingerprint density at radius 3 is 2.50 bits per heavy atom. The SMILES string of the molecule is COc1ccc(OC)c(C(C)NC(=O)C(C)Cn2nc(C)c(Cl)c2C)c1. The number of hydrogen-bond acceptors (Lipinski definition) is 4. The van der Waals surface area contributed by atoms with E-state index in [1.165, 1.54) is 0 Å². The number of halogens is 1. The van der Waals surface area contributed by atoms with Crippen LogP contribution in [0.5, 0.6) is 11.5 Å². The maximum absolute atomic E-state index is 12.6. The number of nitrogens with one attached hydrogen (secondary N) is 1. The molecular weight excluding hydrogens is 354 g/mol. The van der Waals surface area contributed by atoms with E-state index in [0.717, 1.165) is 17.0 Å². The minimum atomic E-state index is -0.261. The lowest BCUT2D eigenvalue weighted by molar-refractivity contribution is -0.125. The van der Waals surface area contributed by atoms with Crippen LogP contribution in [0.3, 0.4) is 0 Å². The minimum Gasteiger partial charge on any atom is -0.497 e. The second-order valence-electron chi connectivity index (χ2n) is 6.41. The number of benzene rings is 1. The zero-order valence-corrected chi connectivity index (χ0v) is 16.8. The van der Waals surface area contributed by atoms with Crippen molar-refractivity contribution >= 4 is 17.5 Å². The molecule has 0 radical (unpaired) electrons. The quantitative estimate of drug-likeness (QED) is 0.796. The van der Waals surface area contributed by atoms with Crippen LogP contribution in [-0.4, -0.2) is 29.9 Å². The molecule has 142 valence electrons. The minimum absolute atomic E-state index is 0.0638. The van der Waals surface area contributed by atoms with Gasteiger partial charge >= 0.3 is 0 Å². The first-order valence-corrected chi connectivity index (χ1v) is 8.88. The van der Waals surface area contributed by atoms with Crippen LogP contribution in [0.25, 0.3) is 0 Å². The highest BCUT2D eigenvalue weighted by Gasteiger charge is 2.21. The molecule has 7 heteroatoms. The van der Waals surface area contributed by atoms with Crippen molar-refractivity contribution in [1.29, 1.82) is 0 Å². The van der Waals surface area contributed by atoms with E-state index in [4.69, 9.17) is 21.1 Å². The van der Waals surface area contributed by atoms with Crippen molar-refractivity contribution in [3.8, 4) is 11.5 Å². The van der Waals surface area contributed by atoms with Crippen molar-refractivity contribution in [1.82, 2.24) is 15.1 Å². The van der Waals surface area contributed by atoms with E-state index < -0.39 is 0 Å². The number of ether oxygens (including phenoxy) is 2.